The number of aromatic nitrogens is 2. The van der Waals surface area contributed by atoms with Crippen LogP contribution in [0.5, 0.6) is 0 Å². The van der Waals surface area contributed by atoms with Gasteiger partial charge in [-0.05, 0) is 75.2 Å². The number of nitrogens with zero attached hydrogens (tertiary/aromatic N) is 2. The van der Waals surface area contributed by atoms with E-state index in [2.05, 4.69) is 22.0 Å². The van der Waals surface area contributed by atoms with E-state index in [0.717, 1.165) is 32.9 Å². The van der Waals surface area contributed by atoms with E-state index in [1.807, 2.05) is 44.3 Å². The highest BCUT2D eigenvalue weighted by atomic mass is 35.5. The molecule has 1 aliphatic heterocycles. The van der Waals surface area contributed by atoms with Crippen LogP contribution >= 0.6 is 23.2 Å². The molecule has 0 radical (unpaired) electrons. The van der Waals surface area contributed by atoms with Crippen LogP contribution in [0.3, 0.4) is 0 Å². The SMILES string of the molecule is C/C=C(\C)Cl.C=N.O=C(Nc1ccc(Cl)c(-c2nccc3cc[nH]c23)c1)c1ccc(N2COCCS2=O)cc1. The lowest BCUT2D eigenvalue weighted by Crippen LogP contribution is -2.36. The molecule has 39 heavy (non-hydrogen) atoms. The molecule has 1 saturated heterocycles. The third-order valence-corrected chi connectivity index (χ3v) is 7.50. The lowest BCUT2D eigenvalue weighted by molar-refractivity contribution is 0.102. The van der Waals surface area contributed by atoms with Crippen LogP contribution in [0.25, 0.3) is 22.2 Å². The summed E-state index contributed by atoms with van der Waals surface area (Å²) >= 11 is 11.8. The third-order valence-electron chi connectivity index (χ3n) is 5.63. The molecule has 5 rings (SSSR count). The Balaban J connectivity index is 0.000000542. The minimum absolute atomic E-state index is 0.258. The van der Waals surface area contributed by atoms with E-state index in [-0.39, 0.29) is 12.6 Å². The van der Waals surface area contributed by atoms with Crippen molar-refractivity contribution in [1.29, 1.82) is 5.41 Å². The molecule has 0 spiro atoms. The Bertz CT molecular complexity index is 1470. The Labute approximate surface area is 240 Å². The second-order valence-corrected chi connectivity index (χ2v) is 10.6. The molecule has 3 heterocycles. The number of aromatic amines is 1. The van der Waals surface area contributed by atoms with Gasteiger partial charge in [0.1, 0.15) is 17.7 Å². The largest absolute Gasteiger partial charge is 0.359 e. The number of pyridine rings is 1. The second kappa shape index (κ2) is 14.6. The summed E-state index contributed by atoms with van der Waals surface area (Å²) in [7, 11) is -1.12. The molecule has 4 aromatic rings. The number of fused-ring (bicyclic) bond motifs is 1. The quantitative estimate of drug-likeness (QED) is 0.224. The molecule has 2 aromatic carbocycles. The van der Waals surface area contributed by atoms with Crippen LogP contribution in [0.15, 0.2) is 78.1 Å². The maximum Gasteiger partial charge on any atom is 0.255 e. The number of hydrogen-bond donors (Lipinski definition) is 3. The predicted molar refractivity (Wildman–Crippen MR) is 162 cm³/mol. The van der Waals surface area contributed by atoms with E-state index in [1.54, 1.807) is 46.9 Å². The molecular weight excluding hydrogens is 557 g/mol. The summed E-state index contributed by atoms with van der Waals surface area (Å²) in [6, 6.07) is 16.1. The first-order valence-corrected chi connectivity index (χ1v) is 13.9. The molecule has 2 aromatic heterocycles. The molecule has 0 saturated carbocycles. The van der Waals surface area contributed by atoms with Crippen molar-refractivity contribution in [1.82, 2.24) is 9.97 Å². The van der Waals surface area contributed by atoms with Crippen molar-refractivity contribution in [2.45, 2.75) is 13.8 Å². The van der Waals surface area contributed by atoms with E-state index < -0.39 is 11.0 Å². The molecule has 204 valence electrons. The number of carbonyl (C=O) groups is 1. The average molecular weight is 587 g/mol. The summed E-state index contributed by atoms with van der Waals surface area (Å²) < 4.78 is 19.2. The van der Waals surface area contributed by atoms with Gasteiger partial charge in [0.05, 0.1) is 34.3 Å². The first kappa shape index (κ1) is 30.0. The lowest BCUT2D eigenvalue weighted by Gasteiger charge is -2.27. The summed E-state index contributed by atoms with van der Waals surface area (Å²) in [5.74, 6) is 0.207. The van der Waals surface area contributed by atoms with Crippen molar-refractivity contribution in [2.75, 3.05) is 28.7 Å². The van der Waals surface area contributed by atoms with Crippen LogP contribution in [-0.4, -0.2) is 45.9 Å². The Kier molecular flexibility index (Phi) is 11.2. The van der Waals surface area contributed by atoms with Gasteiger partial charge in [-0.2, -0.15) is 0 Å². The van der Waals surface area contributed by atoms with Crippen LogP contribution in [0.4, 0.5) is 11.4 Å². The van der Waals surface area contributed by atoms with Gasteiger partial charge in [0, 0.05) is 39.6 Å². The highest BCUT2D eigenvalue weighted by molar-refractivity contribution is 7.86. The van der Waals surface area contributed by atoms with Crippen LogP contribution < -0.4 is 9.62 Å². The van der Waals surface area contributed by atoms with Crippen molar-refractivity contribution in [3.63, 3.8) is 0 Å². The number of ether oxygens (including phenoxy) is 1. The highest BCUT2D eigenvalue weighted by Crippen LogP contribution is 2.33. The lowest BCUT2D eigenvalue weighted by atomic mass is 10.1. The van der Waals surface area contributed by atoms with Gasteiger partial charge >= 0.3 is 0 Å². The second-order valence-electron chi connectivity index (χ2n) is 8.11. The molecule has 8 nitrogen and oxygen atoms in total. The topological polar surface area (TPSA) is 111 Å². The Morgan fingerprint density at radius 3 is 2.59 bits per heavy atom. The fraction of sp³-hybridized carbons (Fsp3) is 0.179. The smallest absolute Gasteiger partial charge is 0.255 e. The first-order valence-electron chi connectivity index (χ1n) is 11.9. The number of H-pyrrole nitrogens is 1. The van der Waals surface area contributed by atoms with Gasteiger partial charge in [-0.1, -0.05) is 29.3 Å². The number of carbonyl (C=O) groups excluding carboxylic acids is 1. The van der Waals surface area contributed by atoms with Crippen molar-refractivity contribution in [3.05, 3.63) is 88.7 Å². The molecule has 0 aliphatic carbocycles. The number of nitrogens with one attached hydrogen (secondary N) is 3. The van der Waals surface area contributed by atoms with Gasteiger partial charge in [0.15, 0.2) is 0 Å². The Morgan fingerprint density at radius 1 is 1.21 bits per heavy atom. The van der Waals surface area contributed by atoms with Gasteiger partial charge in [-0.15, -0.1) is 0 Å². The standard InChI is InChI=1S/C23H19ClN4O3S.C4H7Cl.CH3N/c24-20-6-3-17(13-19(20)22-21-15(7-9-25-21)8-10-26-22)27-23(29)16-1-4-18(5-2-16)28-14-31-11-12-32(28)30;1-3-4(2)5;1-2/h1-10,13,25H,11-12,14H2,(H,27,29);3H,1-2H3;2H,1H2/b;4-3+;. The van der Waals surface area contributed by atoms with E-state index in [4.69, 9.17) is 33.3 Å². The number of allylic oxidation sites excluding steroid dienone is 2. The minimum atomic E-state index is -1.12. The molecule has 1 aliphatic rings. The molecule has 1 amide bonds. The zero-order chi connectivity index (χ0) is 28.4. The summed E-state index contributed by atoms with van der Waals surface area (Å²) in [5, 5.41) is 10.8. The predicted octanol–water partition coefficient (Wildman–Crippen LogP) is 7.01. The maximum absolute atomic E-state index is 12.8. The number of hydrogen-bond acceptors (Lipinski definition) is 5. The average Bonchev–Trinajstić information content (AvgIpc) is 3.45. The molecule has 1 atom stereocenters. The number of rotatable bonds is 4. The molecule has 1 fully saturated rings. The fourth-order valence-corrected chi connectivity index (χ4v) is 4.83. The van der Waals surface area contributed by atoms with E-state index >= 15 is 0 Å². The first-order chi connectivity index (χ1) is 18.9. The zero-order valence-corrected chi connectivity index (χ0v) is 23.9. The zero-order valence-electron chi connectivity index (χ0n) is 21.5. The fourth-order valence-electron chi connectivity index (χ4n) is 3.59. The van der Waals surface area contributed by atoms with E-state index in [1.165, 1.54) is 0 Å². The van der Waals surface area contributed by atoms with Gasteiger partial charge in [0.2, 0.25) is 0 Å². The molecule has 3 N–H and O–H groups in total. The highest BCUT2D eigenvalue weighted by Gasteiger charge is 2.19. The monoisotopic (exact) mass is 585 g/mol. The van der Waals surface area contributed by atoms with Gasteiger partial charge in [-0.3, -0.25) is 14.1 Å². The number of amides is 1. The third kappa shape index (κ3) is 7.77. The van der Waals surface area contributed by atoms with Gasteiger partial charge < -0.3 is 20.4 Å². The number of halogens is 2. The van der Waals surface area contributed by atoms with E-state index in [0.29, 0.717) is 28.6 Å². The number of anilines is 2. The maximum atomic E-state index is 12.8. The van der Waals surface area contributed by atoms with Crippen molar-refractivity contribution in [2.24, 2.45) is 0 Å². The minimum Gasteiger partial charge on any atom is -0.359 e. The summed E-state index contributed by atoms with van der Waals surface area (Å²) in [6.45, 7) is 7.01. The summed E-state index contributed by atoms with van der Waals surface area (Å²) in [6.07, 6.45) is 5.43. The summed E-state index contributed by atoms with van der Waals surface area (Å²) in [4.78, 5) is 20.5. The van der Waals surface area contributed by atoms with E-state index in [9.17, 15) is 9.00 Å². The summed E-state index contributed by atoms with van der Waals surface area (Å²) in [5.41, 5.74) is 4.16. The van der Waals surface area contributed by atoms with Crippen molar-refractivity contribution >= 4 is 69.1 Å². The molecule has 1 unspecified atom stereocenters. The van der Waals surface area contributed by atoms with Crippen LogP contribution in [-0.2, 0) is 15.7 Å². The van der Waals surface area contributed by atoms with Crippen LogP contribution in [0, 0.1) is 5.41 Å². The van der Waals surface area contributed by atoms with Crippen LogP contribution in [0.2, 0.25) is 5.02 Å². The van der Waals surface area contributed by atoms with Crippen LogP contribution in [0.1, 0.15) is 24.2 Å². The van der Waals surface area contributed by atoms with Crippen molar-refractivity contribution < 1.29 is 13.7 Å². The molecule has 11 heteroatoms. The molecule has 0 bridgehead atoms. The van der Waals surface area contributed by atoms with Gasteiger partial charge in [-0.25, -0.2) is 4.21 Å². The Morgan fingerprint density at radius 2 is 1.92 bits per heavy atom. The molecular formula is C28H29Cl2N5O3S. The normalized spacial score (nSPS) is 15.0. The van der Waals surface area contributed by atoms with Gasteiger partial charge in [0.25, 0.3) is 5.91 Å². The van der Waals surface area contributed by atoms with Crippen molar-refractivity contribution in [3.8, 4) is 11.3 Å². The Hall–Kier alpha value is -3.50. The number of benzene rings is 2.